The summed E-state index contributed by atoms with van der Waals surface area (Å²) in [5.74, 6) is -6.34. The molecule has 11 aliphatic rings. The number of carboxylic acids is 1. The van der Waals surface area contributed by atoms with E-state index in [9.17, 15) is 217 Å². The number of carbonyl (C=O) groups is 1. The molecule has 0 aromatic heterocycles. The van der Waals surface area contributed by atoms with Gasteiger partial charge in [0.1, 0.15) is 281 Å². The molecule has 11 rings (SSSR count). The lowest BCUT2D eigenvalue weighted by atomic mass is 9.90. The highest BCUT2D eigenvalue weighted by Gasteiger charge is 2.66. The highest BCUT2D eigenvalue weighted by Crippen LogP contribution is 2.49. The van der Waals surface area contributed by atoms with Gasteiger partial charge in [0, 0.05) is 6.42 Å². The van der Waals surface area contributed by atoms with Crippen molar-refractivity contribution in [3.8, 4) is 0 Å². The molecule has 11 fully saturated rings. The maximum Gasteiger partial charge on any atom is 0.470 e. The predicted molar refractivity (Wildman–Crippen MR) is 431 cm³/mol. The molecule has 144 heavy (non-hydrogen) atoms. The van der Waals surface area contributed by atoms with Crippen molar-refractivity contribution in [2.24, 2.45) is 17.2 Å². The van der Waals surface area contributed by atoms with Crippen molar-refractivity contribution >= 4 is 21.6 Å². The molecule has 11 aliphatic heterocycles. The quantitative estimate of drug-likeness (QED) is 0.0252. The van der Waals surface area contributed by atoms with Gasteiger partial charge in [0.2, 0.25) is 0 Å². The van der Waals surface area contributed by atoms with Crippen molar-refractivity contribution in [1.29, 1.82) is 0 Å². The van der Waals surface area contributed by atoms with Crippen LogP contribution in [0.1, 0.15) is 6.42 Å². The van der Waals surface area contributed by atoms with Crippen LogP contribution in [0.25, 0.3) is 0 Å². The molecular formula is C73H129N3O66P2. The van der Waals surface area contributed by atoms with Crippen LogP contribution >= 0.6 is 15.6 Å². The van der Waals surface area contributed by atoms with Gasteiger partial charge in [-0.1, -0.05) is 0 Å². The van der Waals surface area contributed by atoms with Crippen LogP contribution in [0.3, 0.4) is 0 Å². The second kappa shape index (κ2) is 51.3. The van der Waals surface area contributed by atoms with Gasteiger partial charge >= 0.3 is 21.6 Å². The van der Waals surface area contributed by atoms with Crippen LogP contribution in [0.2, 0.25) is 0 Å². The van der Waals surface area contributed by atoms with Gasteiger partial charge in [-0.15, -0.1) is 0 Å². The molecule has 69 nitrogen and oxygen atoms in total. The molecule has 0 unspecified atom stereocenters. The van der Waals surface area contributed by atoms with Gasteiger partial charge in [0.25, 0.3) is 5.79 Å². The zero-order valence-corrected chi connectivity index (χ0v) is 76.5. The number of aliphatic hydroxyl groups is 35. The molecule has 0 radical (unpaired) electrons. The molecule has 11 heterocycles. The second-order valence-corrected chi connectivity index (χ2v) is 38.1. The van der Waals surface area contributed by atoms with E-state index in [-0.39, 0.29) is 0 Å². The lowest BCUT2D eigenvalue weighted by Crippen LogP contribution is -2.71. The summed E-state index contributed by atoms with van der Waals surface area (Å²) in [4.78, 5) is 55.9. The molecule has 0 saturated carbocycles. The van der Waals surface area contributed by atoms with E-state index < -0.39 is 468 Å². The molecule has 0 amide bonds. The number of hydrogen-bond donors (Lipinski definition) is 43. The summed E-state index contributed by atoms with van der Waals surface area (Å²) in [6, 6.07) is -5.34. The predicted octanol–water partition coefficient (Wildman–Crippen LogP) is -28.2. The standard InChI is InChI=1S/C73H129N3O66P2/c74-25-32(93)30(91)22(124-62(25)111)10-121-64-27(76)34(95)55(142-144(117,118)119)24(129-64)12-123-73(72(112)113)1-18(141-143(114,115)116)56(54(140-73)16(87)5-80)134-70-49(110)59(137-71-60(42(103)41(102)51(132-71)14(85)3-78)138-69-47(108)38(99)40(101)52(131-69)17(88)9-120-63-26(75)33(94)28(89)19(6-81)125-63)61(57(135-70)21(8-83)127-67-46(107)37(98)39(100)50(130-67)13(84)2-77)139-68-45(106)36(97)31(92)23(128-68)11-122-65-48(109)43(104)58(53(133-65)15(86)4-79)136-66-44(105)35(96)29(90)20(7-82)126-66/h13-71,77-111H,1-12,74-76H2,(H,112,113)(H2,114,115,116)(H2,117,118,119)/t13-,14-,15-,16+,17-,18+,19+,20+,21-,22+,23+,24+,25+,26+,27+,28+,29-,30+,31+,32+,33+,34+,35-,36-,37-,38-,39-,40-,41-,42-,43+,44+,45+,46-,47-,48-,49-,50+,51+,52+,53+,54+,55+,56+,57+,58-,59+,60-,61+,62-,63-,64+,65-,66+,67-,68-,69+,70-,71+,73+/m0/s1. The molecule has 842 valence electrons. The Bertz CT molecular complexity index is 4010. The average Bonchev–Trinajstić information content (AvgIpc) is 0.744. The minimum absolute atomic E-state index is 0.970. The minimum Gasteiger partial charge on any atom is -0.477 e. The molecule has 0 aromatic carbocycles. The van der Waals surface area contributed by atoms with E-state index in [0.29, 0.717) is 0 Å². The maximum atomic E-state index is 14.1. The number of phosphoric acid groups is 2. The summed E-state index contributed by atoms with van der Waals surface area (Å²) in [7, 11) is -12.4. The zero-order chi connectivity index (χ0) is 107. The molecule has 0 spiro atoms. The number of nitrogens with two attached hydrogens (primary N) is 3. The minimum atomic E-state index is -6.43. The lowest BCUT2D eigenvalue weighted by molar-refractivity contribution is -0.420. The number of aliphatic carboxylic acids is 1. The second-order valence-electron chi connectivity index (χ2n) is 35.8. The number of hydrogen-bond acceptors (Lipinski definition) is 64. The molecule has 11 saturated heterocycles. The number of aliphatic hydroxyl groups excluding tert-OH is 35. The van der Waals surface area contributed by atoms with Crippen molar-refractivity contribution < 1.29 is 326 Å². The van der Waals surface area contributed by atoms with Crippen molar-refractivity contribution in [3.05, 3.63) is 0 Å². The monoisotopic (exact) mass is 2170 g/mol. The first kappa shape index (κ1) is 122. The third kappa shape index (κ3) is 27.0. The van der Waals surface area contributed by atoms with Crippen LogP contribution in [0.15, 0.2) is 0 Å². The third-order valence-corrected chi connectivity index (χ3v) is 27.0. The summed E-state index contributed by atoms with van der Waals surface area (Å²) in [5.41, 5.74) is 17.8. The van der Waals surface area contributed by atoms with Crippen molar-refractivity contribution in [2.75, 3.05) is 72.7 Å². The summed E-state index contributed by atoms with van der Waals surface area (Å²) >= 11 is 0. The summed E-state index contributed by atoms with van der Waals surface area (Å²) < 4.78 is 158. The fourth-order valence-electron chi connectivity index (χ4n) is 17.7. The summed E-state index contributed by atoms with van der Waals surface area (Å²) in [6.45, 7) is -15.0. The van der Waals surface area contributed by atoms with Crippen LogP contribution in [-0.4, -0.2) is 650 Å². The van der Waals surface area contributed by atoms with Gasteiger partial charge in [-0.3, -0.25) is 9.05 Å². The first-order valence-corrected chi connectivity index (χ1v) is 47.5. The molecule has 0 aliphatic carbocycles. The van der Waals surface area contributed by atoms with Gasteiger partial charge < -0.3 is 320 Å². The number of carboxylic acid groups (broad SMARTS) is 1. The largest absolute Gasteiger partial charge is 0.477 e. The van der Waals surface area contributed by atoms with Crippen LogP contribution in [-0.2, 0) is 122 Å². The molecular weight excluding hydrogens is 2040 g/mol. The first-order chi connectivity index (χ1) is 67.5. The average molecular weight is 2170 g/mol. The summed E-state index contributed by atoms with van der Waals surface area (Å²) in [6.07, 6.45) is -141. The fourth-order valence-corrected chi connectivity index (χ4v) is 18.9. The van der Waals surface area contributed by atoms with E-state index in [4.69, 9.17) is 126 Å². The molecule has 60 atom stereocenters. The van der Waals surface area contributed by atoms with Gasteiger partial charge in [-0.2, -0.15) is 0 Å². The van der Waals surface area contributed by atoms with Gasteiger partial charge in [0.15, 0.2) is 62.9 Å². The van der Waals surface area contributed by atoms with Crippen LogP contribution < -0.4 is 17.2 Å². The number of phosphoric ester groups is 2. The smallest absolute Gasteiger partial charge is 0.470 e. The molecule has 0 bridgehead atoms. The van der Waals surface area contributed by atoms with Crippen molar-refractivity contribution in [1.82, 2.24) is 0 Å². The Kier molecular flexibility index (Phi) is 43.3. The Labute approximate surface area is 809 Å². The Morgan fingerprint density at radius 3 is 1.23 bits per heavy atom. The Hall–Kier alpha value is -2.67. The first-order valence-electron chi connectivity index (χ1n) is 44.4. The van der Waals surface area contributed by atoms with Crippen LogP contribution in [0.4, 0.5) is 0 Å². The van der Waals surface area contributed by atoms with Crippen LogP contribution in [0, 0.1) is 0 Å². The topological polar surface area (TPSA) is 1150 Å². The normalized spacial score (nSPS) is 49.0. The summed E-state index contributed by atoms with van der Waals surface area (Å²) in [5, 5.41) is 403. The number of ether oxygens (including phenoxy) is 21. The SMILES string of the molecule is N[C@@H]1[C@@H](O)[C@H](O)[C@@H](CO[C@@H]2O[C@H](CO[C@]3(C(=O)O)C[C@@H](OP(=O)(O)O)[C@@H](O[C@H]4O[C@H]([C@H](CO)O[C@H]5O[C@H]([C@@H](O)CO)[C@@H](O)[C@H](O)[C@@H]5O)[C@@H](O[C@@H]5O[C@H](CO[C@H]6O[C@H]([C@@H](O)CO)[C@@H](O[C@H]7O[C@H](CO)[C@H](O)[C@H](O)[C@H]7O)[C@H](O)[C@@H]6O)[C@@H](O)[C@H](O)[C@H]5O)[C@H](O[C@H]5O[C@H]([C@@H](O)CO)[C@@H](O)[C@H](O)[C@@H]5O[C@H]5O[C@H]([C@@H](O)CO[C@H]6O[C@H](CO)[C@@H](O)[C@H](O)[C@H]6N)[C@@H](O)[C@H](O)[C@@H]5O)[C@@H]4O)[C@@H]([C@H](O)CO)O3)[C@@H](OP(=O)(O)O)[C@H](O)[C@H]2N)O[C@@H]1O. The Morgan fingerprint density at radius 2 is 0.688 bits per heavy atom. The van der Waals surface area contributed by atoms with Gasteiger partial charge in [-0.05, 0) is 0 Å². The van der Waals surface area contributed by atoms with E-state index >= 15 is 0 Å². The fraction of sp³-hybridized carbons (Fsp3) is 0.986. The van der Waals surface area contributed by atoms with E-state index in [1.54, 1.807) is 0 Å². The highest BCUT2D eigenvalue weighted by molar-refractivity contribution is 7.46. The number of rotatable bonds is 42. The van der Waals surface area contributed by atoms with E-state index in [0.717, 1.165) is 0 Å². The van der Waals surface area contributed by atoms with E-state index in [1.807, 2.05) is 0 Å². The molecule has 46 N–H and O–H groups in total. The lowest BCUT2D eigenvalue weighted by Gasteiger charge is -2.53. The van der Waals surface area contributed by atoms with Gasteiger partial charge in [-0.25, -0.2) is 13.9 Å². The van der Waals surface area contributed by atoms with Crippen molar-refractivity contribution in [2.45, 2.75) is 374 Å². The molecule has 0 aromatic rings. The Morgan fingerprint density at radius 1 is 0.312 bits per heavy atom. The zero-order valence-electron chi connectivity index (χ0n) is 74.7. The maximum absolute atomic E-state index is 14.1. The van der Waals surface area contributed by atoms with Crippen LogP contribution in [0.5, 0.6) is 0 Å². The van der Waals surface area contributed by atoms with Gasteiger partial charge in [0.05, 0.1) is 90.8 Å². The highest BCUT2D eigenvalue weighted by atomic mass is 31.2. The Balaban J connectivity index is 1.01. The van der Waals surface area contributed by atoms with E-state index in [2.05, 4.69) is 0 Å². The molecule has 71 heteroatoms. The van der Waals surface area contributed by atoms with E-state index in [1.165, 1.54) is 0 Å². The van der Waals surface area contributed by atoms with Crippen molar-refractivity contribution in [3.63, 3.8) is 0 Å². The third-order valence-electron chi connectivity index (χ3n) is 25.9.